The molecular formula is C10H21ClN6. The maximum absolute atomic E-state index is 5.81. The molecule has 2 atom stereocenters. The van der Waals surface area contributed by atoms with E-state index in [1.54, 1.807) is 7.05 Å². The Morgan fingerprint density at radius 1 is 1.47 bits per heavy atom. The van der Waals surface area contributed by atoms with Gasteiger partial charge in [0, 0.05) is 12.6 Å². The van der Waals surface area contributed by atoms with Crippen LogP contribution in [0.3, 0.4) is 0 Å². The van der Waals surface area contributed by atoms with Crippen LogP contribution >= 0.6 is 12.4 Å². The average molecular weight is 261 g/mol. The second kappa shape index (κ2) is 6.28. The van der Waals surface area contributed by atoms with Gasteiger partial charge in [-0.2, -0.15) is 4.80 Å². The Hall–Kier alpha value is -0.720. The number of hydrogen-bond acceptors (Lipinski definition) is 5. The van der Waals surface area contributed by atoms with Gasteiger partial charge in [-0.15, -0.1) is 22.6 Å². The van der Waals surface area contributed by atoms with Crippen LogP contribution in [0, 0.1) is 5.92 Å². The highest BCUT2D eigenvalue weighted by molar-refractivity contribution is 5.85. The van der Waals surface area contributed by atoms with Crippen molar-refractivity contribution in [3.05, 3.63) is 5.82 Å². The van der Waals surface area contributed by atoms with Gasteiger partial charge in [0.05, 0.1) is 13.6 Å². The molecule has 6 nitrogen and oxygen atoms in total. The molecule has 1 aromatic rings. The molecule has 2 N–H and O–H groups in total. The van der Waals surface area contributed by atoms with Gasteiger partial charge in [0.25, 0.3) is 0 Å². The fourth-order valence-corrected chi connectivity index (χ4v) is 2.32. The predicted octanol–water partition coefficient (Wildman–Crippen LogP) is 0.191. The molecule has 0 aliphatic carbocycles. The number of nitrogens with two attached hydrogens (primary N) is 1. The zero-order chi connectivity index (χ0) is 11.5. The largest absolute Gasteiger partial charge is 0.329 e. The Bertz CT molecular complexity index is 341. The molecule has 0 aromatic carbocycles. The summed E-state index contributed by atoms with van der Waals surface area (Å²) in [5.41, 5.74) is 5.81. The molecule has 2 heterocycles. The minimum absolute atomic E-state index is 0. The van der Waals surface area contributed by atoms with E-state index < -0.39 is 0 Å². The molecule has 1 aromatic heterocycles. The highest BCUT2D eigenvalue weighted by Gasteiger charge is 2.26. The summed E-state index contributed by atoms with van der Waals surface area (Å²) in [6.45, 7) is 4.86. The number of halogens is 1. The molecule has 0 spiro atoms. The molecule has 0 radical (unpaired) electrons. The van der Waals surface area contributed by atoms with E-state index in [1.165, 1.54) is 17.6 Å². The topological polar surface area (TPSA) is 72.9 Å². The van der Waals surface area contributed by atoms with Crippen LogP contribution in [0.25, 0.3) is 0 Å². The lowest BCUT2D eigenvalue weighted by molar-refractivity contribution is 0.112. The molecule has 0 bridgehead atoms. The highest BCUT2D eigenvalue weighted by Crippen LogP contribution is 2.22. The SMILES string of the molecule is CC1CCN(Cc2nnn(C)n2)C(CN)C1.Cl. The number of aryl methyl sites for hydroxylation is 1. The number of nitrogens with zero attached hydrogens (tertiary/aromatic N) is 5. The van der Waals surface area contributed by atoms with Crippen molar-refractivity contribution < 1.29 is 0 Å². The summed E-state index contributed by atoms with van der Waals surface area (Å²) in [5.74, 6) is 1.56. The van der Waals surface area contributed by atoms with E-state index in [0.717, 1.165) is 24.8 Å². The minimum Gasteiger partial charge on any atom is -0.329 e. The fraction of sp³-hybridized carbons (Fsp3) is 0.900. The Labute approximate surface area is 108 Å². The van der Waals surface area contributed by atoms with Gasteiger partial charge in [-0.25, -0.2) is 0 Å². The van der Waals surface area contributed by atoms with Crippen molar-refractivity contribution in [1.82, 2.24) is 25.1 Å². The van der Waals surface area contributed by atoms with Gasteiger partial charge < -0.3 is 5.73 Å². The van der Waals surface area contributed by atoms with Crippen LogP contribution in [0.2, 0.25) is 0 Å². The van der Waals surface area contributed by atoms with Crippen molar-refractivity contribution in [3.63, 3.8) is 0 Å². The lowest BCUT2D eigenvalue weighted by Crippen LogP contribution is -2.45. The smallest absolute Gasteiger partial charge is 0.188 e. The lowest BCUT2D eigenvalue weighted by Gasteiger charge is -2.37. The van der Waals surface area contributed by atoms with E-state index in [9.17, 15) is 0 Å². The molecule has 2 unspecified atom stereocenters. The molecule has 1 saturated heterocycles. The maximum atomic E-state index is 5.81. The van der Waals surface area contributed by atoms with Gasteiger partial charge in [0.15, 0.2) is 5.82 Å². The van der Waals surface area contributed by atoms with Crippen LogP contribution in [-0.2, 0) is 13.6 Å². The first-order valence-electron chi connectivity index (χ1n) is 5.86. The zero-order valence-electron chi connectivity index (χ0n) is 10.4. The summed E-state index contributed by atoms with van der Waals surface area (Å²) < 4.78 is 0. The van der Waals surface area contributed by atoms with E-state index in [1.807, 2.05) is 0 Å². The standard InChI is InChI=1S/C10H20N6.ClH/c1-8-3-4-16(9(5-8)6-11)7-10-12-14-15(2)13-10;/h8-9H,3-7,11H2,1-2H3;1H. The zero-order valence-corrected chi connectivity index (χ0v) is 11.2. The lowest BCUT2D eigenvalue weighted by atomic mass is 9.92. The number of piperidine rings is 1. The van der Waals surface area contributed by atoms with E-state index in [0.29, 0.717) is 12.6 Å². The number of rotatable bonds is 3. The van der Waals surface area contributed by atoms with Crippen LogP contribution in [0.4, 0.5) is 0 Å². The van der Waals surface area contributed by atoms with Gasteiger partial charge >= 0.3 is 0 Å². The van der Waals surface area contributed by atoms with Crippen molar-refractivity contribution >= 4 is 12.4 Å². The van der Waals surface area contributed by atoms with Gasteiger partial charge in [-0.05, 0) is 30.5 Å². The van der Waals surface area contributed by atoms with Crippen LogP contribution in [0.5, 0.6) is 0 Å². The third-order valence-electron chi connectivity index (χ3n) is 3.27. The van der Waals surface area contributed by atoms with Crippen LogP contribution < -0.4 is 5.73 Å². The Morgan fingerprint density at radius 3 is 2.82 bits per heavy atom. The first kappa shape index (κ1) is 14.3. The molecule has 2 rings (SSSR count). The molecule has 1 aliphatic rings. The molecule has 1 aliphatic heterocycles. The molecule has 1 fully saturated rings. The van der Waals surface area contributed by atoms with Gasteiger partial charge in [-0.3, -0.25) is 4.90 Å². The molecule has 7 heteroatoms. The van der Waals surface area contributed by atoms with Crippen LogP contribution in [0.15, 0.2) is 0 Å². The first-order chi connectivity index (χ1) is 7.69. The second-order valence-electron chi connectivity index (χ2n) is 4.68. The fourth-order valence-electron chi connectivity index (χ4n) is 2.32. The maximum Gasteiger partial charge on any atom is 0.188 e. The van der Waals surface area contributed by atoms with Gasteiger partial charge in [0.1, 0.15) is 0 Å². The highest BCUT2D eigenvalue weighted by atomic mass is 35.5. The third-order valence-corrected chi connectivity index (χ3v) is 3.27. The van der Waals surface area contributed by atoms with Crippen molar-refractivity contribution in [3.8, 4) is 0 Å². The van der Waals surface area contributed by atoms with E-state index in [2.05, 4.69) is 27.2 Å². The van der Waals surface area contributed by atoms with Crippen molar-refractivity contribution in [2.75, 3.05) is 13.1 Å². The van der Waals surface area contributed by atoms with E-state index in [-0.39, 0.29) is 12.4 Å². The summed E-state index contributed by atoms with van der Waals surface area (Å²) in [7, 11) is 1.79. The van der Waals surface area contributed by atoms with Crippen molar-refractivity contribution in [2.45, 2.75) is 32.4 Å². The van der Waals surface area contributed by atoms with E-state index in [4.69, 9.17) is 5.73 Å². The summed E-state index contributed by atoms with van der Waals surface area (Å²) in [6, 6.07) is 0.465. The number of tetrazole rings is 1. The predicted molar refractivity (Wildman–Crippen MR) is 67.7 cm³/mol. The Balaban J connectivity index is 0.00000144. The monoisotopic (exact) mass is 260 g/mol. The number of likely N-dealkylation sites (tertiary alicyclic amines) is 1. The molecule has 0 saturated carbocycles. The molecule has 0 amide bonds. The number of aromatic nitrogens is 4. The Morgan fingerprint density at radius 2 is 2.24 bits per heavy atom. The number of hydrogen-bond donors (Lipinski definition) is 1. The second-order valence-corrected chi connectivity index (χ2v) is 4.68. The van der Waals surface area contributed by atoms with Crippen LogP contribution in [0.1, 0.15) is 25.6 Å². The van der Waals surface area contributed by atoms with Gasteiger partial charge in [-0.1, -0.05) is 6.92 Å². The van der Waals surface area contributed by atoms with Crippen molar-refractivity contribution in [1.29, 1.82) is 0 Å². The van der Waals surface area contributed by atoms with E-state index >= 15 is 0 Å². The normalized spacial score (nSPS) is 25.6. The first-order valence-corrected chi connectivity index (χ1v) is 5.86. The summed E-state index contributed by atoms with van der Waals surface area (Å²) >= 11 is 0. The summed E-state index contributed by atoms with van der Waals surface area (Å²) in [4.78, 5) is 3.87. The van der Waals surface area contributed by atoms with Gasteiger partial charge in [0.2, 0.25) is 0 Å². The molecular weight excluding hydrogens is 240 g/mol. The molecule has 98 valence electrons. The quantitative estimate of drug-likeness (QED) is 0.840. The summed E-state index contributed by atoms with van der Waals surface area (Å²) in [5, 5.41) is 12.1. The van der Waals surface area contributed by atoms with Crippen molar-refractivity contribution in [2.24, 2.45) is 18.7 Å². The third kappa shape index (κ3) is 3.62. The minimum atomic E-state index is 0. The summed E-state index contributed by atoms with van der Waals surface area (Å²) in [6.07, 6.45) is 2.41. The van der Waals surface area contributed by atoms with Crippen LogP contribution in [-0.4, -0.2) is 44.2 Å². The Kier molecular flexibility index (Phi) is 5.30. The average Bonchev–Trinajstić information content (AvgIpc) is 2.67. The molecule has 17 heavy (non-hydrogen) atoms.